The van der Waals surface area contributed by atoms with E-state index in [4.69, 9.17) is 5.73 Å². The summed E-state index contributed by atoms with van der Waals surface area (Å²) in [5, 5.41) is 7.71. The number of hydrogen-bond acceptors (Lipinski definition) is 3. The maximum absolute atomic E-state index is 13.1. The number of benzene rings is 1. The fourth-order valence-corrected chi connectivity index (χ4v) is 1.86. The van der Waals surface area contributed by atoms with Crippen molar-refractivity contribution in [3.05, 3.63) is 41.1 Å². The van der Waals surface area contributed by atoms with E-state index in [-0.39, 0.29) is 5.92 Å². The van der Waals surface area contributed by atoms with Crippen LogP contribution >= 0.6 is 0 Å². The topological polar surface area (TPSA) is 56.7 Å². The Labute approximate surface area is 103 Å². The monoisotopic (exact) mass is 252 g/mol. The highest BCUT2D eigenvalue weighted by Gasteiger charge is 2.14. The highest BCUT2D eigenvalue weighted by Crippen LogP contribution is 2.20. The molecule has 0 saturated heterocycles. The van der Waals surface area contributed by atoms with E-state index in [1.54, 1.807) is 4.68 Å². The molecule has 2 aromatic rings. The van der Waals surface area contributed by atoms with Crippen molar-refractivity contribution < 1.29 is 8.78 Å². The number of aromatic nitrogens is 3. The van der Waals surface area contributed by atoms with Gasteiger partial charge in [-0.1, -0.05) is 25.1 Å². The zero-order valence-corrected chi connectivity index (χ0v) is 10.2. The number of rotatable bonds is 3. The Balaban J connectivity index is 2.31. The van der Waals surface area contributed by atoms with E-state index in [0.29, 0.717) is 17.9 Å². The Bertz CT molecular complexity index is 563. The molecule has 0 unspecified atom stereocenters. The van der Waals surface area contributed by atoms with Gasteiger partial charge < -0.3 is 5.73 Å². The van der Waals surface area contributed by atoms with Crippen molar-refractivity contribution in [1.29, 1.82) is 0 Å². The van der Waals surface area contributed by atoms with Gasteiger partial charge >= 0.3 is 0 Å². The molecule has 18 heavy (non-hydrogen) atoms. The van der Waals surface area contributed by atoms with Gasteiger partial charge in [0, 0.05) is 0 Å². The molecule has 0 aliphatic carbocycles. The van der Waals surface area contributed by atoms with Crippen LogP contribution in [0.5, 0.6) is 0 Å². The normalized spacial score (nSPS) is 11.2. The lowest BCUT2D eigenvalue weighted by molar-refractivity contribution is 0.504. The van der Waals surface area contributed by atoms with Crippen molar-refractivity contribution in [1.82, 2.24) is 15.0 Å². The number of nitrogens with two attached hydrogens (primary N) is 1. The second kappa shape index (κ2) is 4.72. The van der Waals surface area contributed by atoms with Gasteiger partial charge in [0.25, 0.3) is 0 Å². The highest BCUT2D eigenvalue weighted by atomic mass is 19.2. The van der Waals surface area contributed by atoms with Crippen molar-refractivity contribution in [2.24, 2.45) is 0 Å². The van der Waals surface area contributed by atoms with E-state index >= 15 is 0 Å². The van der Waals surface area contributed by atoms with Gasteiger partial charge in [-0.2, -0.15) is 0 Å². The quantitative estimate of drug-likeness (QED) is 0.912. The molecule has 0 radical (unpaired) electrons. The van der Waals surface area contributed by atoms with Gasteiger partial charge in [0.05, 0.1) is 12.2 Å². The maximum Gasteiger partial charge on any atom is 0.169 e. The summed E-state index contributed by atoms with van der Waals surface area (Å²) < 4.78 is 27.5. The van der Waals surface area contributed by atoms with Gasteiger partial charge in [0.15, 0.2) is 17.5 Å². The van der Waals surface area contributed by atoms with Gasteiger partial charge in [-0.3, -0.25) is 0 Å². The van der Waals surface area contributed by atoms with Crippen LogP contribution in [-0.4, -0.2) is 15.0 Å². The van der Waals surface area contributed by atoms with Gasteiger partial charge in [0.2, 0.25) is 0 Å². The number of nitrogens with zero attached hydrogens (tertiary/aromatic N) is 3. The van der Waals surface area contributed by atoms with Crippen LogP contribution in [0, 0.1) is 11.6 Å². The Kier molecular flexibility index (Phi) is 3.27. The van der Waals surface area contributed by atoms with E-state index in [2.05, 4.69) is 10.3 Å². The van der Waals surface area contributed by atoms with Crippen LogP contribution in [0.15, 0.2) is 18.2 Å². The van der Waals surface area contributed by atoms with Crippen LogP contribution < -0.4 is 5.73 Å². The lowest BCUT2D eigenvalue weighted by Crippen LogP contribution is -2.09. The van der Waals surface area contributed by atoms with E-state index in [1.165, 1.54) is 6.07 Å². The van der Waals surface area contributed by atoms with Crippen LogP contribution in [0.2, 0.25) is 0 Å². The summed E-state index contributed by atoms with van der Waals surface area (Å²) in [6, 6.07) is 3.76. The molecule has 1 heterocycles. The summed E-state index contributed by atoms with van der Waals surface area (Å²) in [6.45, 7) is 4.25. The van der Waals surface area contributed by atoms with Gasteiger partial charge in [0.1, 0.15) is 0 Å². The van der Waals surface area contributed by atoms with Crippen LogP contribution in [-0.2, 0) is 6.54 Å². The van der Waals surface area contributed by atoms with Crippen molar-refractivity contribution in [3.63, 3.8) is 0 Å². The summed E-state index contributed by atoms with van der Waals surface area (Å²) >= 11 is 0. The predicted molar refractivity (Wildman–Crippen MR) is 64.0 cm³/mol. The number of hydrogen-bond donors (Lipinski definition) is 1. The lowest BCUT2D eigenvalue weighted by Gasteiger charge is -2.09. The largest absolute Gasteiger partial charge is 0.381 e. The molecule has 6 heteroatoms. The molecule has 1 aromatic heterocycles. The summed E-state index contributed by atoms with van der Waals surface area (Å²) in [6.07, 6.45) is 0. The fourth-order valence-electron chi connectivity index (χ4n) is 1.86. The lowest BCUT2D eigenvalue weighted by atomic mass is 10.1. The third-order valence-corrected chi connectivity index (χ3v) is 2.66. The average Bonchev–Trinajstić information content (AvgIpc) is 2.65. The minimum absolute atomic E-state index is 0.158. The number of nitrogen functional groups attached to an aromatic ring is 1. The number of halogens is 2. The zero-order valence-electron chi connectivity index (χ0n) is 10.2. The first kappa shape index (κ1) is 12.5. The van der Waals surface area contributed by atoms with Crippen molar-refractivity contribution >= 4 is 5.82 Å². The molecule has 1 aromatic carbocycles. The molecule has 0 spiro atoms. The maximum atomic E-state index is 13.1. The second-order valence-corrected chi connectivity index (χ2v) is 4.42. The minimum atomic E-state index is -0.869. The highest BCUT2D eigenvalue weighted by molar-refractivity contribution is 5.35. The predicted octanol–water partition coefficient (Wildman–Crippen LogP) is 2.31. The van der Waals surface area contributed by atoms with E-state index in [9.17, 15) is 8.78 Å². The summed E-state index contributed by atoms with van der Waals surface area (Å²) in [4.78, 5) is 0. The SMILES string of the molecule is CC(C)c1c(N)nnn1Cc1ccc(F)c(F)c1. The first-order valence-electron chi connectivity index (χ1n) is 5.62. The van der Waals surface area contributed by atoms with E-state index in [0.717, 1.165) is 17.8 Å². The van der Waals surface area contributed by atoms with Crippen LogP contribution in [0.1, 0.15) is 31.0 Å². The first-order chi connectivity index (χ1) is 8.49. The molecule has 2 N–H and O–H groups in total. The van der Waals surface area contributed by atoms with Crippen molar-refractivity contribution in [3.8, 4) is 0 Å². The molecule has 0 bridgehead atoms. The Morgan fingerprint density at radius 3 is 2.61 bits per heavy atom. The van der Waals surface area contributed by atoms with Gasteiger partial charge in [-0.15, -0.1) is 5.10 Å². The molecule has 0 aliphatic rings. The smallest absolute Gasteiger partial charge is 0.169 e. The third-order valence-electron chi connectivity index (χ3n) is 2.66. The molecular weight excluding hydrogens is 238 g/mol. The molecular formula is C12H14F2N4. The van der Waals surface area contributed by atoms with Crippen LogP contribution in [0.4, 0.5) is 14.6 Å². The summed E-state index contributed by atoms with van der Waals surface area (Å²) in [5.74, 6) is -1.20. The fraction of sp³-hybridized carbons (Fsp3) is 0.333. The Morgan fingerprint density at radius 1 is 1.28 bits per heavy atom. The minimum Gasteiger partial charge on any atom is -0.381 e. The molecule has 4 nitrogen and oxygen atoms in total. The third kappa shape index (κ3) is 2.32. The van der Waals surface area contributed by atoms with E-state index < -0.39 is 11.6 Å². The first-order valence-corrected chi connectivity index (χ1v) is 5.62. The molecule has 0 saturated carbocycles. The molecule has 0 atom stereocenters. The van der Waals surface area contributed by atoms with Crippen molar-refractivity contribution in [2.45, 2.75) is 26.3 Å². The molecule has 0 fully saturated rings. The summed E-state index contributed by atoms with van der Waals surface area (Å²) in [7, 11) is 0. The standard InChI is InChI=1S/C12H14F2N4/c1-7(2)11-12(15)16-17-18(11)6-8-3-4-9(13)10(14)5-8/h3-5,7H,6,15H2,1-2H3. The van der Waals surface area contributed by atoms with Crippen molar-refractivity contribution in [2.75, 3.05) is 5.73 Å². The average molecular weight is 252 g/mol. The van der Waals surface area contributed by atoms with Gasteiger partial charge in [-0.25, -0.2) is 13.5 Å². The summed E-state index contributed by atoms with van der Waals surface area (Å²) in [5.41, 5.74) is 7.12. The molecule has 0 amide bonds. The number of anilines is 1. The van der Waals surface area contributed by atoms with Gasteiger partial charge in [-0.05, 0) is 23.6 Å². The molecule has 96 valence electrons. The Hall–Kier alpha value is -1.98. The van der Waals surface area contributed by atoms with Crippen LogP contribution in [0.25, 0.3) is 0 Å². The van der Waals surface area contributed by atoms with E-state index in [1.807, 2.05) is 13.8 Å². The second-order valence-electron chi connectivity index (χ2n) is 4.42. The Morgan fingerprint density at radius 2 is 2.00 bits per heavy atom. The molecule has 0 aliphatic heterocycles. The molecule has 2 rings (SSSR count). The van der Waals surface area contributed by atoms with Crippen LogP contribution in [0.3, 0.4) is 0 Å². The zero-order chi connectivity index (χ0) is 13.3.